The van der Waals surface area contributed by atoms with Gasteiger partial charge in [-0.05, 0) is 44.9 Å². The number of ether oxygens (including phenoxy) is 2. The molecule has 2 N–H and O–H groups in total. The van der Waals surface area contributed by atoms with Crippen molar-refractivity contribution in [2.24, 2.45) is 5.73 Å². The maximum Gasteiger partial charge on any atom is 0.0687 e. The van der Waals surface area contributed by atoms with Crippen LogP contribution in [0.3, 0.4) is 0 Å². The van der Waals surface area contributed by atoms with Crippen LogP contribution in [0.15, 0.2) is 0 Å². The van der Waals surface area contributed by atoms with Gasteiger partial charge in [0.1, 0.15) is 0 Å². The van der Waals surface area contributed by atoms with Gasteiger partial charge in [-0.25, -0.2) is 0 Å². The predicted molar refractivity (Wildman–Crippen MR) is 66.9 cm³/mol. The third kappa shape index (κ3) is 2.51. The number of rotatable bonds is 2. The van der Waals surface area contributed by atoms with Crippen LogP contribution >= 0.6 is 0 Å². The first kappa shape index (κ1) is 11.9. The molecule has 1 unspecified atom stereocenters. The van der Waals surface area contributed by atoms with Crippen LogP contribution in [-0.4, -0.2) is 30.5 Å². The molecule has 1 saturated carbocycles. The van der Waals surface area contributed by atoms with Crippen LogP contribution in [-0.2, 0) is 9.47 Å². The predicted octanol–water partition coefficient (Wildman–Crippen LogP) is 2.38. The molecule has 98 valence electrons. The van der Waals surface area contributed by atoms with E-state index < -0.39 is 0 Å². The van der Waals surface area contributed by atoms with Crippen molar-refractivity contribution in [2.45, 2.75) is 75.0 Å². The Bertz CT molecular complexity index is 267. The van der Waals surface area contributed by atoms with Crippen LogP contribution in [0.25, 0.3) is 0 Å². The van der Waals surface area contributed by atoms with Gasteiger partial charge in [-0.1, -0.05) is 12.8 Å². The molecule has 2 heterocycles. The highest BCUT2D eigenvalue weighted by atomic mass is 16.5. The molecule has 3 nitrogen and oxygen atoms in total. The normalized spacial score (nSPS) is 35.5. The second-order valence-corrected chi connectivity index (χ2v) is 6.35. The molecule has 3 heteroatoms. The fourth-order valence-electron chi connectivity index (χ4n) is 3.86. The summed E-state index contributed by atoms with van der Waals surface area (Å²) in [6, 6.07) is 0. The molecule has 0 aromatic carbocycles. The third-order valence-corrected chi connectivity index (χ3v) is 4.98. The topological polar surface area (TPSA) is 44.5 Å². The molecule has 2 saturated heterocycles. The van der Waals surface area contributed by atoms with Crippen molar-refractivity contribution >= 4 is 0 Å². The van der Waals surface area contributed by atoms with Crippen molar-refractivity contribution in [3.05, 3.63) is 0 Å². The second-order valence-electron chi connectivity index (χ2n) is 6.35. The van der Waals surface area contributed by atoms with Crippen LogP contribution in [0.2, 0.25) is 0 Å². The third-order valence-electron chi connectivity index (χ3n) is 4.98. The van der Waals surface area contributed by atoms with Gasteiger partial charge >= 0.3 is 0 Å². The zero-order valence-electron chi connectivity index (χ0n) is 10.7. The summed E-state index contributed by atoms with van der Waals surface area (Å²) in [5.41, 5.74) is 6.70. The Hall–Kier alpha value is -0.120. The van der Waals surface area contributed by atoms with Crippen molar-refractivity contribution in [1.29, 1.82) is 0 Å². The molecular weight excluding hydrogens is 214 g/mol. The van der Waals surface area contributed by atoms with Gasteiger partial charge in [0.15, 0.2) is 0 Å². The van der Waals surface area contributed by atoms with Crippen molar-refractivity contribution in [1.82, 2.24) is 0 Å². The van der Waals surface area contributed by atoms with Crippen LogP contribution in [0, 0.1) is 0 Å². The molecule has 0 aromatic rings. The Kier molecular flexibility index (Phi) is 3.18. The zero-order valence-corrected chi connectivity index (χ0v) is 10.7. The summed E-state index contributed by atoms with van der Waals surface area (Å²) in [7, 11) is 0. The molecule has 3 rings (SSSR count). The van der Waals surface area contributed by atoms with E-state index in [0.29, 0.717) is 6.10 Å². The molecule has 1 aliphatic carbocycles. The first-order chi connectivity index (χ1) is 8.20. The molecule has 0 amide bonds. The lowest BCUT2D eigenvalue weighted by Crippen LogP contribution is -2.47. The van der Waals surface area contributed by atoms with E-state index in [4.69, 9.17) is 15.2 Å². The average molecular weight is 239 g/mol. The van der Waals surface area contributed by atoms with E-state index >= 15 is 0 Å². The average Bonchev–Trinajstić information content (AvgIpc) is 2.91. The summed E-state index contributed by atoms with van der Waals surface area (Å²) in [5, 5.41) is 0. The lowest BCUT2D eigenvalue weighted by molar-refractivity contribution is -0.0546. The molecule has 1 atom stereocenters. The molecule has 0 aromatic heterocycles. The summed E-state index contributed by atoms with van der Waals surface area (Å²) < 4.78 is 11.8. The van der Waals surface area contributed by atoms with Crippen LogP contribution in [0.4, 0.5) is 0 Å². The van der Waals surface area contributed by atoms with E-state index in [2.05, 4.69) is 0 Å². The summed E-state index contributed by atoms with van der Waals surface area (Å²) in [4.78, 5) is 0. The first-order valence-corrected chi connectivity index (χ1v) is 7.24. The van der Waals surface area contributed by atoms with Crippen molar-refractivity contribution in [3.63, 3.8) is 0 Å². The minimum atomic E-state index is -0.0208. The van der Waals surface area contributed by atoms with E-state index in [1.165, 1.54) is 38.5 Å². The summed E-state index contributed by atoms with van der Waals surface area (Å²) in [6.07, 6.45) is 11.2. The van der Waals surface area contributed by atoms with Crippen LogP contribution in [0.5, 0.6) is 0 Å². The molecule has 1 spiro atoms. The van der Waals surface area contributed by atoms with Gasteiger partial charge in [-0.3, -0.25) is 0 Å². The van der Waals surface area contributed by atoms with Gasteiger partial charge in [0.2, 0.25) is 0 Å². The Morgan fingerprint density at radius 1 is 1.00 bits per heavy atom. The van der Waals surface area contributed by atoms with Gasteiger partial charge in [-0.15, -0.1) is 0 Å². The highest BCUT2D eigenvalue weighted by Gasteiger charge is 2.44. The standard InChI is InChI=1S/C14H25NO2/c15-13(7-9-16-10-8-13)11-12-3-6-14(17-12)4-1-2-5-14/h12H,1-11,15H2. The summed E-state index contributed by atoms with van der Waals surface area (Å²) >= 11 is 0. The SMILES string of the molecule is NC1(CC2CCC3(CCCC3)O2)CCOCC1. The number of nitrogens with two attached hydrogens (primary N) is 1. The number of hydrogen-bond donors (Lipinski definition) is 1. The smallest absolute Gasteiger partial charge is 0.0687 e. The molecule has 3 aliphatic rings. The summed E-state index contributed by atoms with van der Waals surface area (Å²) in [6.45, 7) is 1.66. The Labute approximate surface area is 104 Å². The molecule has 2 aliphatic heterocycles. The lowest BCUT2D eigenvalue weighted by atomic mass is 9.85. The minimum absolute atomic E-state index is 0.0208. The van der Waals surface area contributed by atoms with E-state index in [0.717, 1.165) is 32.5 Å². The lowest BCUT2D eigenvalue weighted by Gasteiger charge is -2.36. The Morgan fingerprint density at radius 2 is 1.71 bits per heavy atom. The van der Waals surface area contributed by atoms with Crippen LogP contribution < -0.4 is 5.73 Å². The number of hydrogen-bond acceptors (Lipinski definition) is 3. The summed E-state index contributed by atoms with van der Waals surface area (Å²) in [5.74, 6) is 0. The van der Waals surface area contributed by atoms with Crippen molar-refractivity contribution in [3.8, 4) is 0 Å². The van der Waals surface area contributed by atoms with E-state index in [-0.39, 0.29) is 11.1 Å². The Balaban J connectivity index is 1.56. The van der Waals surface area contributed by atoms with Crippen molar-refractivity contribution < 1.29 is 9.47 Å². The fraction of sp³-hybridized carbons (Fsp3) is 1.00. The highest BCUT2D eigenvalue weighted by molar-refractivity contribution is 4.97. The molecular formula is C14H25NO2. The maximum atomic E-state index is 6.47. The van der Waals surface area contributed by atoms with Crippen molar-refractivity contribution in [2.75, 3.05) is 13.2 Å². The van der Waals surface area contributed by atoms with Gasteiger partial charge in [0.05, 0.1) is 11.7 Å². The van der Waals surface area contributed by atoms with E-state index in [9.17, 15) is 0 Å². The fourth-order valence-corrected chi connectivity index (χ4v) is 3.86. The highest BCUT2D eigenvalue weighted by Crippen LogP contribution is 2.45. The maximum absolute atomic E-state index is 6.47. The zero-order chi connectivity index (χ0) is 11.8. The Morgan fingerprint density at radius 3 is 2.41 bits per heavy atom. The monoisotopic (exact) mass is 239 g/mol. The second kappa shape index (κ2) is 4.52. The van der Waals surface area contributed by atoms with Gasteiger partial charge in [0.25, 0.3) is 0 Å². The van der Waals surface area contributed by atoms with Gasteiger partial charge in [0, 0.05) is 18.8 Å². The molecule has 0 radical (unpaired) electrons. The van der Waals surface area contributed by atoms with Gasteiger partial charge in [-0.2, -0.15) is 0 Å². The van der Waals surface area contributed by atoms with Crippen LogP contribution in [0.1, 0.15) is 57.8 Å². The van der Waals surface area contributed by atoms with E-state index in [1.54, 1.807) is 0 Å². The van der Waals surface area contributed by atoms with E-state index in [1.807, 2.05) is 0 Å². The largest absolute Gasteiger partial charge is 0.381 e. The molecule has 0 bridgehead atoms. The van der Waals surface area contributed by atoms with Gasteiger partial charge < -0.3 is 15.2 Å². The minimum Gasteiger partial charge on any atom is -0.381 e. The quantitative estimate of drug-likeness (QED) is 0.804. The molecule has 17 heavy (non-hydrogen) atoms. The first-order valence-electron chi connectivity index (χ1n) is 7.24. The molecule has 3 fully saturated rings.